The van der Waals surface area contributed by atoms with E-state index in [1.165, 1.54) is 16.3 Å². The molecule has 2 aromatic carbocycles. The van der Waals surface area contributed by atoms with Crippen LogP contribution in [0.1, 0.15) is 16.7 Å². The van der Waals surface area contributed by atoms with Gasteiger partial charge in [-0.05, 0) is 18.1 Å². The zero-order chi connectivity index (χ0) is 22.7. The first-order chi connectivity index (χ1) is 15.4. The number of aryl methyl sites for hydroxylation is 2. The highest BCUT2D eigenvalue weighted by Gasteiger charge is 2.19. The average Bonchev–Trinajstić information content (AvgIpc) is 3.14. The molecule has 0 atom stereocenters. The minimum atomic E-state index is -0.540. The van der Waals surface area contributed by atoms with Gasteiger partial charge in [0.2, 0.25) is 0 Å². The van der Waals surface area contributed by atoms with Crippen molar-refractivity contribution in [1.82, 2.24) is 19.1 Å². The van der Waals surface area contributed by atoms with Crippen molar-refractivity contribution < 1.29 is 9.53 Å². The van der Waals surface area contributed by atoms with Crippen molar-refractivity contribution in [2.24, 2.45) is 7.05 Å². The number of hydrogen-bond acceptors (Lipinski definition) is 6. The molecule has 9 heteroatoms. The van der Waals surface area contributed by atoms with Crippen LogP contribution < -0.4 is 11.2 Å². The fraction of sp³-hybridized carbons (Fsp3) is 0.217. The van der Waals surface area contributed by atoms with Gasteiger partial charge in [-0.15, -0.1) is 0 Å². The number of ether oxygens (including phenoxy) is 1. The summed E-state index contributed by atoms with van der Waals surface area (Å²) in [6.07, 6.45) is 0. The van der Waals surface area contributed by atoms with E-state index in [0.29, 0.717) is 11.7 Å². The van der Waals surface area contributed by atoms with Crippen molar-refractivity contribution in [3.05, 3.63) is 92.1 Å². The lowest BCUT2D eigenvalue weighted by Gasteiger charge is -2.09. The number of esters is 1. The third-order valence-electron chi connectivity index (χ3n) is 4.96. The largest absolute Gasteiger partial charge is 0.460 e. The topological polar surface area (TPSA) is 99.0 Å². The monoisotopic (exact) mass is 450 g/mol. The molecule has 0 saturated heterocycles. The number of benzene rings is 2. The number of rotatable bonds is 7. The highest BCUT2D eigenvalue weighted by Crippen LogP contribution is 2.23. The molecule has 164 valence electrons. The number of nitrogens with one attached hydrogen (secondary N) is 1. The summed E-state index contributed by atoms with van der Waals surface area (Å²) in [5.74, 6) is -0.369. The molecule has 0 unspecified atom stereocenters. The first-order valence-electron chi connectivity index (χ1n) is 10.00. The summed E-state index contributed by atoms with van der Waals surface area (Å²) in [6.45, 7) is 2.55. The first kappa shape index (κ1) is 21.6. The van der Waals surface area contributed by atoms with Crippen LogP contribution in [-0.4, -0.2) is 30.8 Å². The third-order valence-corrected chi connectivity index (χ3v) is 5.91. The minimum absolute atomic E-state index is 0.0236. The van der Waals surface area contributed by atoms with E-state index < -0.39 is 17.2 Å². The lowest BCUT2D eigenvalue weighted by atomic mass is 10.1. The van der Waals surface area contributed by atoms with Gasteiger partial charge in [0.15, 0.2) is 16.3 Å². The second kappa shape index (κ2) is 9.27. The Morgan fingerprint density at radius 2 is 1.84 bits per heavy atom. The second-order valence-corrected chi connectivity index (χ2v) is 8.34. The number of H-pyrrole nitrogens is 1. The van der Waals surface area contributed by atoms with Crippen LogP contribution in [0, 0.1) is 6.92 Å². The zero-order valence-corrected chi connectivity index (χ0v) is 18.5. The summed E-state index contributed by atoms with van der Waals surface area (Å²) in [5, 5.41) is 0.463. The standard InChI is InChI=1S/C23H22N4O4S/c1-15-7-6-10-17(11-15)12-27-19-20(26(2)22(30)25-21(19)29)24-23(27)32-14-18(28)31-13-16-8-4-3-5-9-16/h3-11H,12-14H2,1-2H3,(H,25,29,30). The van der Waals surface area contributed by atoms with E-state index >= 15 is 0 Å². The van der Waals surface area contributed by atoms with Gasteiger partial charge in [-0.1, -0.05) is 71.9 Å². The van der Waals surface area contributed by atoms with Crippen LogP contribution >= 0.6 is 11.8 Å². The number of hydrogen-bond donors (Lipinski definition) is 1. The molecule has 0 aliphatic carbocycles. The minimum Gasteiger partial charge on any atom is -0.460 e. The van der Waals surface area contributed by atoms with Crippen LogP contribution in [0.3, 0.4) is 0 Å². The SMILES string of the molecule is Cc1cccc(Cn2c(SCC(=O)OCc3ccccc3)nc3c2c(=O)[nH]c(=O)n3C)c1. The summed E-state index contributed by atoms with van der Waals surface area (Å²) in [5.41, 5.74) is 2.47. The van der Waals surface area contributed by atoms with Crippen LogP contribution in [-0.2, 0) is 29.7 Å². The van der Waals surface area contributed by atoms with Gasteiger partial charge in [-0.25, -0.2) is 9.78 Å². The molecule has 0 bridgehead atoms. The molecule has 2 heterocycles. The Bertz CT molecular complexity index is 1390. The lowest BCUT2D eigenvalue weighted by molar-refractivity contribution is -0.141. The number of thioether (sulfide) groups is 1. The molecule has 2 aromatic heterocycles. The number of fused-ring (bicyclic) bond motifs is 1. The summed E-state index contributed by atoms with van der Waals surface area (Å²) < 4.78 is 8.37. The quantitative estimate of drug-likeness (QED) is 0.343. The molecule has 8 nitrogen and oxygen atoms in total. The van der Waals surface area contributed by atoms with E-state index in [4.69, 9.17) is 4.74 Å². The number of carbonyl (C=O) groups excluding carboxylic acids is 1. The maximum absolute atomic E-state index is 12.6. The maximum Gasteiger partial charge on any atom is 0.329 e. The number of nitrogens with zero attached hydrogens (tertiary/aromatic N) is 3. The van der Waals surface area contributed by atoms with Crippen LogP contribution in [0.15, 0.2) is 69.3 Å². The number of carbonyl (C=O) groups is 1. The van der Waals surface area contributed by atoms with Gasteiger partial charge in [0.1, 0.15) is 6.61 Å². The molecular weight excluding hydrogens is 428 g/mol. The van der Waals surface area contributed by atoms with Gasteiger partial charge in [-0.2, -0.15) is 0 Å². The summed E-state index contributed by atoms with van der Waals surface area (Å²) >= 11 is 1.17. The molecule has 0 fully saturated rings. The molecule has 0 saturated carbocycles. The zero-order valence-electron chi connectivity index (χ0n) is 17.7. The Morgan fingerprint density at radius 3 is 2.59 bits per heavy atom. The van der Waals surface area contributed by atoms with Gasteiger partial charge in [0.05, 0.1) is 12.3 Å². The van der Waals surface area contributed by atoms with Crippen LogP contribution in [0.5, 0.6) is 0 Å². The van der Waals surface area contributed by atoms with Crippen LogP contribution in [0.25, 0.3) is 11.2 Å². The fourth-order valence-corrected chi connectivity index (χ4v) is 4.16. The molecule has 0 aliphatic rings. The summed E-state index contributed by atoms with van der Waals surface area (Å²) in [7, 11) is 1.55. The Balaban J connectivity index is 1.61. The second-order valence-electron chi connectivity index (χ2n) is 7.40. The normalized spacial score (nSPS) is 11.1. The van der Waals surface area contributed by atoms with E-state index in [-0.39, 0.29) is 23.5 Å². The van der Waals surface area contributed by atoms with Gasteiger partial charge in [0, 0.05) is 7.05 Å². The molecule has 0 amide bonds. The Labute approximate surface area is 187 Å². The fourth-order valence-electron chi connectivity index (χ4n) is 3.37. The van der Waals surface area contributed by atoms with Gasteiger partial charge in [0.25, 0.3) is 5.56 Å². The van der Waals surface area contributed by atoms with E-state index in [9.17, 15) is 14.4 Å². The van der Waals surface area contributed by atoms with E-state index in [1.807, 2.05) is 61.5 Å². The number of aromatic amines is 1. The highest BCUT2D eigenvalue weighted by atomic mass is 32.2. The Morgan fingerprint density at radius 1 is 1.09 bits per heavy atom. The van der Waals surface area contributed by atoms with Gasteiger partial charge in [-0.3, -0.25) is 19.1 Å². The smallest absolute Gasteiger partial charge is 0.329 e. The van der Waals surface area contributed by atoms with Crippen molar-refractivity contribution in [1.29, 1.82) is 0 Å². The van der Waals surface area contributed by atoms with Crippen LogP contribution in [0.4, 0.5) is 0 Å². The highest BCUT2D eigenvalue weighted by molar-refractivity contribution is 7.99. The van der Waals surface area contributed by atoms with Crippen molar-refractivity contribution in [3.8, 4) is 0 Å². The lowest BCUT2D eigenvalue weighted by Crippen LogP contribution is -2.29. The van der Waals surface area contributed by atoms with E-state index in [0.717, 1.165) is 16.7 Å². The van der Waals surface area contributed by atoms with Crippen molar-refractivity contribution in [3.63, 3.8) is 0 Å². The Kier molecular flexibility index (Phi) is 6.27. The van der Waals surface area contributed by atoms with Crippen molar-refractivity contribution >= 4 is 28.9 Å². The predicted molar refractivity (Wildman–Crippen MR) is 123 cm³/mol. The van der Waals surface area contributed by atoms with E-state index in [2.05, 4.69) is 9.97 Å². The first-order valence-corrected chi connectivity index (χ1v) is 11.0. The molecule has 1 N–H and O–H groups in total. The number of aromatic nitrogens is 4. The van der Waals surface area contributed by atoms with Crippen molar-refractivity contribution in [2.45, 2.75) is 25.2 Å². The number of imidazole rings is 1. The Hall–Kier alpha value is -3.59. The molecule has 0 aliphatic heterocycles. The molecule has 0 radical (unpaired) electrons. The molecule has 32 heavy (non-hydrogen) atoms. The van der Waals surface area contributed by atoms with Gasteiger partial charge >= 0.3 is 11.7 Å². The molecule has 0 spiro atoms. The molecular formula is C23H22N4O4S. The predicted octanol–water partition coefficient (Wildman–Crippen LogP) is 2.62. The van der Waals surface area contributed by atoms with Crippen LogP contribution in [0.2, 0.25) is 0 Å². The summed E-state index contributed by atoms with van der Waals surface area (Å²) in [4.78, 5) is 43.8. The average molecular weight is 451 g/mol. The maximum atomic E-state index is 12.6. The van der Waals surface area contributed by atoms with E-state index in [1.54, 1.807) is 11.6 Å². The summed E-state index contributed by atoms with van der Waals surface area (Å²) in [6, 6.07) is 17.3. The third kappa shape index (κ3) is 4.67. The molecule has 4 rings (SSSR count). The van der Waals surface area contributed by atoms with Crippen molar-refractivity contribution in [2.75, 3.05) is 5.75 Å². The van der Waals surface area contributed by atoms with Gasteiger partial charge < -0.3 is 9.30 Å². The molecule has 4 aromatic rings.